The Morgan fingerprint density at radius 1 is 1.43 bits per heavy atom. The van der Waals surface area contributed by atoms with Crippen molar-refractivity contribution in [1.29, 1.82) is 0 Å². The lowest BCUT2D eigenvalue weighted by Crippen LogP contribution is -2.18. The molecule has 108 valence electrons. The third kappa shape index (κ3) is 3.33. The van der Waals surface area contributed by atoms with E-state index in [9.17, 15) is 14.9 Å². The topological polar surface area (TPSA) is 96.6 Å². The summed E-state index contributed by atoms with van der Waals surface area (Å²) in [5.41, 5.74) is 0.909. The fraction of sp³-hybridized carbons (Fsp3) is 0.143. The lowest BCUT2D eigenvalue weighted by atomic mass is 10.1. The van der Waals surface area contributed by atoms with Gasteiger partial charge >= 0.3 is 5.97 Å². The van der Waals surface area contributed by atoms with Gasteiger partial charge in [0, 0.05) is 32.1 Å². The van der Waals surface area contributed by atoms with Crippen LogP contribution in [0.1, 0.15) is 15.9 Å². The minimum Gasteiger partial charge on any atom is -0.478 e. The summed E-state index contributed by atoms with van der Waals surface area (Å²) in [6, 6.07) is 7.51. The molecule has 2 aromatic rings. The largest absolute Gasteiger partial charge is 0.478 e. The number of hydrogen-bond donors (Lipinski definition) is 1. The Bertz CT molecular complexity index is 673. The van der Waals surface area contributed by atoms with Gasteiger partial charge in [-0.3, -0.25) is 15.1 Å². The van der Waals surface area contributed by atoms with Gasteiger partial charge in [-0.05, 0) is 23.8 Å². The summed E-state index contributed by atoms with van der Waals surface area (Å²) in [4.78, 5) is 27.1. The Kier molecular flexibility index (Phi) is 4.13. The molecule has 7 heteroatoms. The first-order chi connectivity index (χ1) is 9.99. The summed E-state index contributed by atoms with van der Waals surface area (Å²) < 4.78 is 0. The van der Waals surface area contributed by atoms with Crippen molar-refractivity contribution in [3.63, 3.8) is 0 Å². The molecule has 0 fully saturated rings. The number of aromatic carboxylic acids is 1. The zero-order valence-corrected chi connectivity index (χ0v) is 11.3. The van der Waals surface area contributed by atoms with Gasteiger partial charge in [0.05, 0.1) is 10.5 Å². The third-order valence-corrected chi connectivity index (χ3v) is 2.97. The fourth-order valence-corrected chi connectivity index (χ4v) is 1.98. The highest BCUT2D eigenvalue weighted by molar-refractivity contribution is 5.89. The van der Waals surface area contributed by atoms with E-state index in [-0.39, 0.29) is 11.3 Å². The van der Waals surface area contributed by atoms with Gasteiger partial charge < -0.3 is 10.0 Å². The van der Waals surface area contributed by atoms with E-state index in [1.54, 1.807) is 30.4 Å². The molecule has 0 aliphatic heterocycles. The van der Waals surface area contributed by atoms with E-state index in [1.165, 1.54) is 12.1 Å². The van der Waals surface area contributed by atoms with Crippen LogP contribution in [0.15, 0.2) is 42.7 Å². The van der Waals surface area contributed by atoms with Crippen LogP contribution >= 0.6 is 0 Å². The molecule has 1 aromatic heterocycles. The highest BCUT2D eigenvalue weighted by Gasteiger charge is 2.20. The summed E-state index contributed by atoms with van der Waals surface area (Å²) in [6.07, 6.45) is 3.32. The molecule has 0 saturated carbocycles. The summed E-state index contributed by atoms with van der Waals surface area (Å²) >= 11 is 0. The van der Waals surface area contributed by atoms with Crippen molar-refractivity contribution in [3.8, 4) is 0 Å². The number of nitro benzene ring substituents is 1. The third-order valence-electron chi connectivity index (χ3n) is 2.97. The maximum atomic E-state index is 11.1. The molecule has 0 bridgehead atoms. The molecule has 1 heterocycles. The van der Waals surface area contributed by atoms with Gasteiger partial charge in [0.25, 0.3) is 5.69 Å². The smallest absolute Gasteiger partial charge is 0.335 e. The summed E-state index contributed by atoms with van der Waals surface area (Å²) in [6.45, 7) is 0.432. The van der Waals surface area contributed by atoms with Gasteiger partial charge in [-0.2, -0.15) is 0 Å². The average molecular weight is 287 g/mol. The molecule has 0 radical (unpaired) electrons. The van der Waals surface area contributed by atoms with Crippen LogP contribution in [-0.2, 0) is 6.54 Å². The highest BCUT2D eigenvalue weighted by atomic mass is 16.6. The molecule has 0 spiro atoms. The van der Waals surface area contributed by atoms with Crippen LogP contribution in [0.25, 0.3) is 0 Å². The molecule has 0 aliphatic rings. The molecule has 0 saturated heterocycles. The van der Waals surface area contributed by atoms with Crippen molar-refractivity contribution in [1.82, 2.24) is 4.98 Å². The zero-order chi connectivity index (χ0) is 15.4. The van der Waals surface area contributed by atoms with E-state index in [4.69, 9.17) is 5.11 Å². The van der Waals surface area contributed by atoms with Gasteiger partial charge in [0.1, 0.15) is 5.69 Å². The molecule has 2 rings (SSSR count). The molecule has 0 atom stereocenters. The van der Waals surface area contributed by atoms with Crippen molar-refractivity contribution in [2.45, 2.75) is 6.54 Å². The van der Waals surface area contributed by atoms with Crippen molar-refractivity contribution < 1.29 is 14.8 Å². The first kappa shape index (κ1) is 14.4. The second-order valence-corrected chi connectivity index (χ2v) is 4.48. The van der Waals surface area contributed by atoms with Crippen molar-refractivity contribution in [2.24, 2.45) is 0 Å². The van der Waals surface area contributed by atoms with Crippen molar-refractivity contribution >= 4 is 17.3 Å². The number of hydrogen-bond acceptors (Lipinski definition) is 5. The molecule has 0 amide bonds. The van der Waals surface area contributed by atoms with Gasteiger partial charge in [0.15, 0.2) is 0 Å². The molecule has 0 unspecified atom stereocenters. The van der Waals surface area contributed by atoms with E-state index < -0.39 is 10.9 Å². The Morgan fingerprint density at radius 3 is 2.76 bits per heavy atom. The van der Waals surface area contributed by atoms with Gasteiger partial charge in [-0.15, -0.1) is 0 Å². The molecule has 21 heavy (non-hydrogen) atoms. The van der Waals surface area contributed by atoms with Crippen molar-refractivity contribution in [2.75, 3.05) is 11.9 Å². The number of pyridine rings is 1. The molecule has 1 N–H and O–H groups in total. The number of aromatic nitrogens is 1. The fourth-order valence-electron chi connectivity index (χ4n) is 1.98. The maximum Gasteiger partial charge on any atom is 0.335 e. The Hall–Kier alpha value is -2.96. The second kappa shape index (κ2) is 6.00. The van der Waals surface area contributed by atoms with E-state index >= 15 is 0 Å². The number of nitro groups is 1. The SMILES string of the molecule is CN(Cc1cccnc1)c1ccc(C(=O)O)cc1[N+](=O)[O-]. The van der Waals surface area contributed by atoms with Crippen LogP contribution in [0.5, 0.6) is 0 Å². The Labute approximate surface area is 120 Å². The number of carboxylic acid groups (broad SMARTS) is 1. The van der Waals surface area contributed by atoms with Crippen LogP contribution in [-0.4, -0.2) is 28.0 Å². The van der Waals surface area contributed by atoms with Crippen LogP contribution in [0.3, 0.4) is 0 Å². The molecular weight excluding hydrogens is 274 g/mol. The van der Waals surface area contributed by atoms with Gasteiger partial charge in [-0.1, -0.05) is 6.07 Å². The second-order valence-electron chi connectivity index (χ2n) is 4.48. The predicted octanol–water partition coefficient (Wildman–Crippen LogP) is 2.32. The lowest BCUT2D eigenvalue weighted by Gasteiger charge is -2.19. The highest BCUT2D eigenvalue weighted by Crippen LogP contribution is 2.29. The number of carbonyl (C=O) groups is 1. The number of anilines is 1. The summed E-state index contributed by atoms with van der Waals surface area (Å²) in [7, 11) is 1.70. The first-order valence-electron chi connectivity index (χ1n) is 6.11. The number of nitrogens with zero attached hydrogens (tertiary/aromatic N) is 3. The predicted molar refractivity (Wildman–Crippen MR) is 76.4 cm³/mol. The summed E-state index contributed by atoms with van der Waals surface area (Å²) in [5, 5.41) is 20.0. The van der Waals surface area contributed by atoms with Crippen LogP contribution in [0, 0.1) is 10.1 Å². The molecule has 0 aliphatic carbocycles. The van der Waals surface area contributed by atoms with Crippen LogP contribution in [0.2, 0.25) is 0 Å². The van der Waals surface area contributed by atoms with Crippen molar-refractivity contribution in [3.05, 3.63) is 64.0 Å². The first-order valence-corrected chi connectivity index (χ1v) is 6.11. The maximum absolute atomic E-state index is 11.1. The zero-order valence-electron chi connectivity index (χ0n) is 11.3. The van der Waals surface area contributed by atoms with Gasteiger partial charge in [0.2, 0.25) is 0 Å². The average Bonchev–Trinajstić information content (AvgIpc) is 2.47. The summed E-state index contributed by atoms with van der Waals surface area (Å²) in [5.74, 6) is -1.19. The van der Waals surface area contributed by atoms with Gasteiger partial charge in [-0.25, -0.2) is 4.79 Å². The van der Waals surface area contributed by atoms with E-state index in [0.29, 0.717) is 12.2 Å². The van der Waals surface area contributed by atoms with E-state index in [2.05, 4.69) is 4.98 Å². The molecule has 1 aromatic carbocycles. The Balaban J connectivity index is 2.34. The number of benzene rings is 1. The normalized spacial score (nSPS) is 10.1. The minimum absolute atomic E-state index is 0.111. The Morgan fingerprint density at radius 2 is 2.19 bits per heavy atom. The number of rotatable bonds is 5. The quantitative estimate of drug-likeness (QED) is 0.669. The lowest BCUT2D eigenvalue weighted by molar-refractivity contribution is -0.384. The minimum atomic E-state index is -1.19. The number of carboxylic acids is 1. The molecule has 7 nitrogen and oxygen atoms in total. The van der Waals surface area contributed by atoms with Crippen LogP contribution < -0.4 is 4.90 Å². The monoisotopic (exact) mass is 287 g/mol. The van der Waals surface area contributed by atoms with Crippen LogP contribution in [0.4, 0.5) is 11.4 Å². The van der Waals surface area contributed by atoms with E-state index in [0.717, 1.165) is 11.6 Å². The van der Waals surface area contributed by atoms with E-state index in [1.807, 2.05) is 6.07 Å². The standard InChI is InChI=1S/C14H13N3O4/c1-16(9-10-3-2-6-15-8-10)12-5-4-11(14(18)19)7-13(12)17(20)21/h2-8H,9H2,1H3,(H,18,19). The molecular formula is C14H13N3O4.